The third kappa shape index (κ3) is 2.32. The Morgan fingerprint density at radius 2 is 2.00 bits per heavy atom. The molecule has 0 aliphatic carbocycles. The van der Waals surface area contributed by atoms with Gasteiger partial charge in [-0.1, -0.05) is 6.92 Å². The predicted octanol–water partition coefficient (Wildman–Crippen LogP) is 0.978. The van der Waals surface area contributed by atoms with Gasteiger partial charge in [-0.3, -0.25) is 9.59 Å². The molecule has 0 radical (unpaired) electrons. The summed E-state index contributed by atoms with van der Waals surface area (Å²) in [6, 6.07) is 0. The minimum Gasteiger partial charge on any atom is -0.342 e. The number of hydrogen-bond donors (Lipinski definition) is 0. The van der Waals surface area contributed by atoms with Crippen molar-refractivity contribution >= 4 is 11.7 Å². The van der Waals surface area contributed by atoms with Gasteiger partial charge in [0, 0.05) is 32.4 Å². The van der Waals surface area contributed by atoms with Crippen molar-refractivity contribution in [2.45, 2.75) is 32.6 Å². The highest BCUT2D eigenvalue weighted by atomic mass is 16.2. The molecule has 0 N–H and O–H groups in total. The first-order valence-corrected chi connectivity index (χ1v) is 4.53. The highest BCUT2D eigenvalue weighted by Crippen LogP contribution is 2.07. The Bertz CT molecular complexity index is 179. The van der Waals surface area contributed by atoms with E-state index in [0.29, 0.717) is 32.4 Å². The number of Topliss-reactive ketones (excluding diaryl/α,β-unsaturated/α-hetero) is 1. The van der Waals surface area contributed by atoms with Crippen molar-refractivity contribution < 1.29 is 9.59 Å². The summed E-state index contributed by atoms with van der Waals surface area (Å²) in [6.07, 6.45) is 2.61. The molecule has 0 unspecified atom stereocenters. The first kappa shape index (κ1) is 9.23. The average molecular weight is 169 g/mol. The maximum Gasteiger partial charge on any atom is 0.222 e. The number of piperidine rings is 1. The van der Waals surface area contributed by atoms with E-state index in [1.807, 2.05) is 6.92 Å². The zero-order chi connectivity index (χ0) is 8.97. The SMILES string of the molecule is CCCC(=O)N1CCC(=O)CC1. The second-order valence-electron chi connectivity index (χ2n) is 3.17. The highest BCUT2D eigenvalue weighted by molar-refractivity contribution is 5.83. The van der Waals surface area contributed by atoms with Crippen LogP contribution in [0, 0.1) is 0 Å². The predicted molar refractivity (Wildman–Crippen MR) is 45.7 cm³/mol. The second-order valence-corrected chi connectivity index (χ2v) is 3.17. The van der Waals surface area contributed by atoms with Crippen LogP contribution < -0.4 is 0 Å². The topological polar surface area (TPSA) is 37.4 Å². The van der Waals surface area contributed by atoms with Crippen molar-refractivity contribution in [1.82, 2.24) is 4.90 Å². The monoisotopic (exact) mass is 169 g/mol. The molecular weight excluding hydrogens is 154 g/mol. The largest absolute Gasteiger partial charge is 0.342 e. The molecule has 1 amide bonds. The van der Waals surface area contributed by atoms with E-state index in [9.17, 15) is 9.59 Å². The standard InChI is InChI=1S/C9H15NO2/c1-2-3-9(12)10-6-4-8(11)5-7-10/h2-7H2,1H3. The molecule has 1 saturated heterocycles. The molecule has 1 aliphatic rings. The molecule has 0 saturated carbocycles. The first-order valence-electron chi connectivity index (χ1n) is 4.53. The number of rotatable bonds is 2. The van der Waals surface area contributed by atoms with Gasteiger partial charge in [-0.2, -0.15) is 0 Å². The van der Waals surface area contributed by atoms with Crippen LogP contribution in [-0.2, 0) is 9.59 Å². The Kier molecular flexibility index (Phi) is 3.26. The van der Waals surface area contributed by atoms with Gasteiger partial charge in [0.05, 0.1) is 0 Å². The fraction of sp³-hybridized carbons (Fsp3) is 0.778. The number of hydrogen-bond acceptors (Lipinski definition) is 2. The first-order chi connectivity index (χ1) is 5.74. The fourth-order valence-electron chi connectivity index (χ4n) is 1.38. The number of amides is 1. The van der Waals surface area contributed by atoms with Crippen LogP contribution in [0.1, 0.15) is 32.6 Å². The van der Waals surface area contributed by atoms with Crippen molar-refractivity contribution in [3.8, 4) is 0 Å². The van der Waals surface area contributed by atoms with Crippen LogP contribution in [0.5, 0.6) is 0 Å². The summed E-state index contributed by atoms with van der Waals surface area (Å²) in [7, 11) is 0. The van der Waals surface area contributed by atoms with Crippen molar-refractivity contribution in [2.24, 2.45) is 0 Å². The van der Waals surface area contributed by atoms with Crippen LogP contribution >= 0.6 is 0 Å². The van der Waals surface area contributed by atoms with E-state index < -0.39 is 0 Å². The molecule has 0 atom stereocenters. The summed E-state index contributed by atoms with van der Waals surface area (Å²) < 4.78 is 0. The van der Waals surface area contributed by atoms with E-state index in [-0.39, 0.29) is 11.7 Å². The minimum atomic E-state index is 0.199. The maximum absolute atomic E-state index is 11.3. The molecule has 0 aromatic heterocycles. The summed E-state index contributed by atoms with van der Waals surface area (Å²) >= 11 is 0. The van der Waals surface area contributed by atoms with Crippen molar-refractivity contribution in [3.63, 3.8) is 0 Å². The lowest BCUT2D eigenvalue weighted by Gasteiger charge is -2.25. The average Bonchev–Trinajstić information content (AvgIpc) is 2.06. The van der Waals surface area contributed by atoms with Crippen LogP contribution in [0.4, 0.5) is 0 Å². The van der Waals surface area contributed by atoms with Gasteiger partial charge in [-0.25, -0.2) is 0 Å². The minimum absolute atomic E-state index is 0.199. The van der Waals surface area contributed by atoms with Gasteiger partial charge < -0.3 is 4.90 Å². The van der Waals surface area contributed by atoms with Crippen LogP contribution in [0.2, 0.25) is 0 Å². The van der Waals surface area contributed by atoms with E-state index in [2.05, 4.69) is 0 Å². The molecule has 1 aliphatic heterocycles. The lowest BCUT2D eigenvalue weighted by molar-refractivity contribution is -0.134. The van der Waals surface area contributed by atoms with E-state index in [1.165, 1.54) is 0 Å². The van der Waals surface area contributed by atoms with E-state index in [1.54, 1.807) is 4.90 Å². The summed E-state index contributed by atoms with van der Waals surface area (Å²) in [6.45, 7) is 3.27. The normalized spacial score (nSPS) is 18.1. The van der Waals surface area contributed by atoms with E-state index in [4.69, 9.17) is 0 Å². The molecule has 1 fully saturated rings. The number of likely N-dealkylation sites (tertiary alicyclic amines) is 1. The Balaban J connectivity index is 2.33. The van der Waals surface area contributed by atoms with Crippen molar-refractivity contribution in [1.29, 1.82) is 0 Å². The van der Waals surface area contributed by atoms with Gasteiger partial charge in [0.1, 0.15) is 5.78 Å². The third-order valence-electron chi connectivity index (χ3n) is 2.14. The van der Waals surface area contributed by atoms with Gasteiger partial charge in [0.25, 0.3) is 0 Å². The zero-order valence-corrected chi connectivity index (χ0v) is 7.51. The van der Waals surface area contributed by atoms with Gasteiger partial charge in [0.2, 0.25) is 5.91 Å². The van der Waals surface area contributed by atoms with Crippen LogP contribution in [0.25, 0.3) is 0 Å². The summed E-state index contributed by atoms with van der Waals surface area (Å²) in [5.74, 6) is 0.487. The molecule has 0 aromatic rings. The summed E-state index contributed by atoms with van der Waals surface area (Å²) in [5.41, 5.74) is 0. The number of carbonyl (C=O) groups is 2. The highest BCUT2D eigenvalue weighted by Gasteiger charge is 2.19. The third-order valence-corrected chi connectivity index (χ3v) is 2.14. The molecule has 0 aromatic carbocycles. The van der Waals surface area contributed by atoms with E-state index in [0.717, 1.165) is 6.42 Å². The van der Waals surface area contributed by atoms with Crippen LogP contribution in [0.3, 0.4) is 0 Å². The Labute approximate surface area is 72.7 Å². The molecule has 3 heteroatoms. The van der Waals surface area contributed by atoms with Crippen LogP contribution in [-0.4, -0.2) is 29.7 Å². The quantitative estimate of drug-likeness (QED) is 0.618. The molecule has 1 rings (SSSR count). The molecule has 1 heterocycles. The van der Waals surface area contributed by atoms with Gasteiger partial charge >= 0.3 is 0 Å². The summed E-state index contributed by atoms with van der Waals surface area (Å²) in [4.78, 5) is 24.0. The maximum atomic E-state index is 11.3. The number of nitrogens with zero attached hydrogens (tertiary/aromatic N) is 1. The Morgan fingerprint density at radius 3 is 2.50 bits per heavy atom. The molecular formula is C9H15NO2. The second kappa shape index (κ2) is 4.24. The smallest absolute Gasteiger partial charge is 0.222 e. The lowest BCUT2D eigenvalue weighted by Crippen LogP contribution is -2.38. The van der Waals surface area contributed by atoms with Crippen molar-refractivity contribution in [3.05, 3.63) is 0 Å². The Hall–Kier alpha value is -0.860. The number of carbonyl (C=O) groups excluding carboxylic acids is 2. The Morgan fingerprint density at radius 1 is 1.42 bits per heavy atom. The van der Waals surface area contributed by atoms with Crippen molar-refractivity contribution in [2.75, 3.05) is 13.1 Å². The molecule has 3 nitrogen and oxygen atoms in total. The molecule has 0 bridgehead atoms. The molecule has 12 heavy (non-hydrogen) atoms. The number of ketones is 1. The summed E-state index contributed by atoms with van der Waals surface area (Å²) in [5, 5.41) is 0. The van der Waals surface area contributed by atoms with Gasteiger partial charge in [0.15, 0.2) is 0 Å². The van der Waals surface area contributed by atoms with E-state index >= 15 is 0 Å². The molecule has 0 spiro atoms. The van der Waals surface area contributed by atoms with Gasteiger partial charge in [-0.05, 0) is 6.42 Å². The fourth-order valence-corrected chi connectivity index (χ4v) is 1.38. The molecule has 68 valence electrons. The lowest BCUT2D eigenvalue weighted by atomic mass is 10.1. The van der Waals surface area contributed by atoms with Crippen LogP contribution in [0.15, 0.2) is 0 Å². The zero-order valence-electron chi connectivity index (χ0n) is 7.51. The van der Waals surface area contributed by atoms with Gasteiger partial charge in [-0.15, -0.1) is 0 Å².